The largest absolute Gasteiger partial charge is 0.465 e. The number of ether oxygens (including phenoxy) is 2. The van der Waals surface area contributed by atoms with E-state index in [-0.39, 0.29) is 17.7 Å². The van der Waals surface area contributed by atoms with Crippen molar-refractivity contribution in [2.24, 2.45) is 0 Å². The molecule has 1 aromatic rings. The summed E-state index contributed by atoms with van der Waals surface area (Å²) in [6.07, 6.45) is 0. The summed E-state index contributed by atoms with van der Waals surface area (Å²) < 4.78 is 9.53. The minimum Gasteiger partial charge on any atom is -0.465 e. The highest BCUT2D eigenvalue weighted by atomic mass is 32.2. The van der Waals surface area contributed by atoms with Crippen LogP contribution in [0.2, 0.25) is 0 Å². The van der Waals surface area contributed by atoms with Gasteiger partial charge in [0.1, 0.15) is 0 Å². The van der Waals surface area contributed by atoms with Crippen LogP contribution in [0.25, 0.3) is 0 Å². The second-order valence-electron chi connectivity index (χ2n) is 3.45. The molecule has 0 aromatic heterocycles. The summed E-state index contributed by atoms with van der Waals surface area (Å²) in [6, 6.07) is 7.20. The van der Waals surface area contributed by atoms with Gasteiger partial charge in [-0.1, -0.05) is 18.2 Å². The zero-order valence-corrected chi connectivity index (χ0v) is 11.3. The minimum absolute atomic E-state index is 0.238. The first-order valence-corrected chi connectivity index (χ1v) is 6.74. The van der Waals surface area contributed by atoms with E-state index < -0.39 is 0 Å². The lowest BCUT2D eigenvalue weighted by molar-refractivity contribution is -0.139. The van der Waals surface area contributed by atoms with Gasteiger partial charge in [0, 0.05) is 5.75 Å². The zero-order valence-electron chi connectivity index (χ0n) is 10.5. The first-order chi connectivity index (χ1) is 8.69. The van der Waals surface area contributed by atoms with Crippen molar-refractivity contribution in [2.75, 3.05) is 19.5 Å². The number of benzene rings is 1. The van der Waals surface area contributed by atoms with Crippen molar-refractivity contribution in [1.29, 1.82) is 0 Å². The van der Waals surface area contributed by atoms with Gasteiger partial charge in [0.25, 0.3) is 0 Å². The molecule has 0 unspecified atom stereocenters. The van der Waals surface area contributed by atoms with Crippen LogP contribution in [0.4, 0.5) is 0 Å². The van der Waals surface area contributed by atoms with Gasteiger partial charge in [-0.05, 0) is 18.6 Å². The van der Waals surface area contributed by atoms with Crippen LogP contribution in [0, 0.1) is 0 Å². The number of esters is 2. The molecule has 98 valence electrons. The number of carbonyl (C=O) groups excluding carboxylic acids is 2. The van der Waals surface area contributed by atoms with Crippen LogP contribution >= 0.6 is 11.8 Å². The minimum atomic E-state index is -0.359. The van der Waals surface area contributed by atoms with Gasteiger partial charge in [-0.3, -0.25) is 4.79 Å². The van der Waals surface area contributed by atoms with E-state index in [1.54, 1.807) is 19.1 Å². The summed E-state index contributed by atoms with van der Waals surface area (Å²) in [4.78, 5) is 22.7. The van der Waals surface area contributed by atoms with Gasteiger partial charge in [-0.15, -0.1) is 11.8 Å². The molecule has 0 atom stereocenters. The number of rotatable bonds is 6. The quantitative estimate of drug-likeness (QED) is 0.741. The van der Waals surface area contributed by atoms with Gasteiger partial charge in [-0.2, -0.15) is 0 Å². The summed E-state index contributed by atoms with van der Waals surface area (Å²) in [5.74, 6) is 0.258. The van der Waals surface area contributed by atoms with Gasteiger partial charge in [0.2, 0.25) is 0 Å². The summed E-state index contributed by atoms with van der Waals surface area (Å²) in [6.45, 7) is 2.16. The Morgan fingerprint density at radius 3 is 2.67 bits per heavy atom. The third kappa shape index (κ3) is 4.41. The Hall–Kier alpha value is -1.49. The molecule has 0 aliphatic rings. The average molecular weight is 268 g/mol. The number of carbonyl (C=O) groups is 2. The lowest BCUT2D eigenvalue weighted by Crippen LogP contribution is -2.08. The maximum absolute atomic E-state index is 11.5. The fourth-order valence-electron chi connectivity index (χ4n) is 1.40. The molecule has 0 N–H and O–H groups in total. The van der Waals surface area contributed by atoms with E-state index >= 15 is 0 Å². The molecule has 18 heavy (non-hydrogen) atoms. The summed E-state index contributed by atoms with van der Waals surface area (Å²) in [5, 5.41) is 0. The van der Waals surface area contributed by atoms with Crippen LogP contribution in [0.15, 0.2) is 24.3 Å². The molecule has 0 spiro atoms. The SMILES string of the molecule is CCOC(=O)CSCc1ccccc1C(=O)OC. The van der Waals surface area contributed by atoms with E-state index in [1.807, 2.05) is 12.1 Å². The van der Waals surface area contributed by atoms with Gasteiger partial charge in [0.15, 0.2) is 0 Å². The normalized spacial score (nSPS) is 9.89. The van der Waals surface area contributed by atoms with Crippen molar-refractivity contribution in [2.45, 2.75) is 12.7 Å². The van der Waals surface area contributed by atoms with E-state index in [9.17, 15) is 9.59 Å². The molecular weight excluding hydrogens is 252 g/mol. The zero-order chi connectivity index (χ0) is 13.4. The third-order valence-corrected chi connectivity index (χ3v) is 3.16. The van der Waals surface area contributed by atoms with Crippen LogP contribution in [-0.2, 0) is 20.0 Å². The van der Waals surface area contributed by atoms with Crippen LogP contribution in [0.1, 0.15) is 22.8 Å². The molecule has 0 heterocycles. The van der Waals surface area contributed by atoms with Gasteiger partial charge in [-0.25, -0.2) is 4.79 Å². The first kappa shape index (κ1) is 14.6. The molecule has 5 heteroatoms. The standard InChI is InChI=1S/C13H16O4S/c1-3-17-12(14)9-18-8-10-6-4-5-7-11(10)13(15)16-2/h4-7H,3,8-9H2,1-2H3. The van der Waals surface area contributed by atoms with Crippen molar-refractivity contribution in [3.8, 4) is 0 Å². The van der Waals surface area contributed by atoms with Crippen LogP contribution in [0.3, 0.4) is 0 Å². The maximum Gasteiger partial charge on any atom is 0.338 e. The molecular formula is C13H16O4S. The fraction of sp³-hybridized carbons (Fsp3) is 0.385. The van der Waals surface area contributed by atoms with Gasteiger partial charge >= 0.3 is 11.9 Å². The van der Waals surface area contributed by atoms with Crippen LogP contribution in [0.5, 0.6) is 0 Å². The average Bonchev–Trinajstić information content (AvgIpc) is 2.39. The van der Waals surface area contributed by atoms with Crippen LogP contribution < -0.4 is 0 Å². The number of hydrogen-bond acceptors (Lipinski definition) is 5. The van der Waals surface area contributed by atoms with E-state index in [4.69, 9.17) is 9.47 Å². The van der Waals surface area contributed by atoms with Crippen molar-refractivity contribution in [3.05, 3.63) is 35.4 Å². The highest BCUT2D eigenvalue weighted by Gasteiger charge is 2.11. The molecule has 0 fully saturated rings. The predicted octanol–water partition coefficient (Wildman–Crippen LogP) is 2.27. The molecule has 0 radical (unpaired) electrons. The van der Waals surface area contributed by atoms with Gasteiger partial charge in [0.05, 0.1) is 25.0 Å². The molecule has 0 aliphatic heterocycles. The molecule has 1 aromatic carbocycles. The smallest absolute Gasteiger partial charge is 0.338 e. The fourth-order valence-corrected chi connectivity index (χ4v) is 2.23. The van der Waals surface area contributed by atoms with Crippen molar-refractivity contribution in [1.82, 2.24) is 0 Å². The summed E-state index contributed by atoms with van der Waals surface area (Å²) in [5.41, 5.74) is 1.40. The maximum atomic E-state index is 11.5. The molecule has 0 saturated heterocycles. The molecule has 0 amide bonds. The predicted molar refractivity (Wildman–Crippen MR) is 70.6 cm³/mol. The second kappa shape index (κ2) is 7.76. The Morgan fingerprint density at radius 1 is 1.28 bits per heavy atom. The number of methoxy groups -OCH3 is 1. The van der Waals surface area contributed by atoms with E-state index in [1.165, 1.54) is 18.9 Å². The molecule has 1 rings (SSSR count). The first-order valence-electron chi connectivity index (χ1n) is 5.58. The highest BCUT2D eigenvalue weighted by molar-refractivity contribution is 7.99. The Balaban J connectivity index is 2.57. The molecule has 4 nitrogen and oxygen atoms in total. The van der Waals surface area contributed by atoms with E-state index in [0.717, 1.165) is 5.56 Å². The summed E-state index contributed by atoms with van der Waals surface area (Å²) in [7, 11) is 1.35. The number of thioether (sulfide) groups is 1. The van der Waals surface area contributed by atoms with Crippen molar-refractivity contribution in [3.63, 3.8) is 0 Å². The molecule has 0 bridgehead atoms. The Kier molecular flexibility index (Phi) is 6.28. The topological polar surface area (TPSA) is 52.6 Å². The Bertz CT molecular complexity index is 417. The van der Waals surface area contributed by atoms with E-state index in [0.29, 0.717) is 17.9 Å². The highest BCUT2D eigenvalue weighted by Crippen LogP contribution is 2.17. The Morgan fingerprint density at radius 2 is 2.00 bits per heavy atom. The third-order valence-electron chi connectivity index (χ3n) is 2.21. The van der Waals surface area contributed by atoms with Crippen molar-refractivity contribution < 1.29 is 19.1 Å². The Labute approximate surface area is 111 Å². The second-order valence-corrected chi connectivity index (χ2v) is 4.43. The lowest BCUT2D eigenvalue weighted by Gasteiger charge is -2.07. The lowest BCUT2D eigenvalue weighted by atomic mass is 10.1. The van der Waals surface area contributed by atoms with Crippen molar-refractivity contribution >= 4 is 23.7 Å². The van der Waals surface area contributed by atoms with Gasteiger partial charge < -0.3 is 9.47 Å². The van der Waals surface area contributed by atoms with Crippen LogP contribution in [-0.4, -0.2) is 31.4 Å². The summed E-state index contributed by atoms with van der Waals surface area (Å²) >= 11 is 1.41. The number of hydrogen-bond donors (Lipinski definition) is 0. The monoisotopic (exact) mass is 268 g/mol. The molecule has 0 aliphatic carbocycles. The van der Waals surface area contributed by atoms with E-state index in [2.05, 4.69) is 0 Å². The molecule has 0 saturated carbocycles.